The van der Waals surface area contributed by atoms with Crippen LogP contribution in [0.3, 0.4) is 0 Å². The number of carbonyl (C=O) groups is 1. The third-order valence-electron chi connectivity index (χ3n) is 3.83. The van der Waals surface area contributed by atoms with Crippen molar-refractivity contribution in [2.75, 3.05) is 5.75 Å². The molecule has 1 aliphatic rings. The summed E-state index contributed by atoms with van der Waals surface area (Å²) < 4.78 is 15.5. The first-order valence-corrected chi connectivity index (χ1v) is 8.96. The van der Waals surface area contributed by atoms with Crippen molar-refractivity contribution in [3.05, 3.63) is 57.6 Å². The van der Waals surface area contributed by atoms with Gasteiger partial charge in [-0.2, -0.15) is 0 Å². The Kier molecular flexibility index (Phi) is 3.39. The molecule has 3 nitrogen and oxygen atoms in total. The highest BCUT2D eigenvalue weighted by molar-refractivity contribution is 7.99. The summed E-state index contributed by atoms with van der Waals surface area (Å²) in [4.78, 5) is 20.2. The van der Waals surface area contributed by atoms with Gasteiger partial charge in [0.25, 0.3) is 0 Å². The first-order chi connectivity index (χ1) is 11.0. The minimum absolute atomic E-state index is 0.0976. The van der Waals surface area contributed by atoms with E-state index in [0.717, 1.165) is 21.2 Å². The number of thioether (sulfide) groups is 1. The van der Waals surface area contributed by atoms with Gasteiger partial charge in [0, 0.05) is 32.9 Å². The molecule has 0 N–H and O–H groups in total. The predicted octanol–water partition coefficient (Wildman–Crippen LogP) is 4.52. The summed E-state index contributed by atoms with van der Waals surface area (Å²) in [5.74, 6) is 0.114. The van der Waals surface area contributed by atoms with Crippen molar-refractivity contribution in [2.45, 2.75) is 18.7 Å². The first kappa shape index (κ1) is 14.7. The lowest BCUT2D eigenvalue weighted by Gasteiger charge is -2.16. The average Bonchev–Trinajstić information content (AvgIpc) is 2.99. The Morgan fingerprint density at radius 2 is 2.17 bits per heavy atom. The number of carbonyl (C=O) groups excluding carboxylic acids is 1. The van der Waals surface area contributed by atoms with E-state index in [1.54, 1.807) is 29.2 Å². The summed E-state index contributed by atoms with van der Waals surface area (Å²) in [6, 6.07) is 4.40. The molecular formula is C17H13FN2OS2. The molecule has 0 saturated carbocycles. The van der Waals surface area contributed by atoms with Crippen molar-refractivity contribution in [3.8, 4) is 0 Å². The van der Waals surface area contributed by atoms with E-state index < -0.39 is 0 Å². The molecule has 0 unspecified atom stereocenters. The van der Waals surface area contributed by atoms with E-state index in [4.69, 9.17) is 0 Å². The summed E-state index contributed by atoms with van der Waals surface area (Å²) >= 11 is 3.19. The smallest absolute Gasteiger partial charge is 0.194 e. The highest BCUT2D eigenvalue weighted by Crippen LogP contribution is 2.34. The van der Waals surface area contributed by atoms with E-state index in [9.17, 15) is 9.18 Å². The van der Waals surface area contributed by atoms with Crippen LogP contribution in [0.15, 0.2) is 34.9 Å². The molecule has 0 amide bonds. The molecule has 1 aromatic carbocycles. The van der Waals surface area contributed by atoms with Gasteiger partial charge in [0.05, 0.1) is 11.4 Å². The maximum absolute atomic E-state index is 13.5. The molecule has 0 aliphatic carbocycles. The molecule has 0 atom stereocenters. The van der Waals surface area contributed by atoms with Crippen LogP contribution in [0.4, 0.5) is 4.39 Å². The molecule has 0 spiro atoms. The number of aryl methyl sites for hydroxylation is 2. The number of ketones is 1. The van der Waals surface area contributed by atoms with Gasteiger partial charge in [0.1, 0.15) is 5.82 Å². The molecular weight excluding hydrogens is 331 g/mol. The topological polar surface area (TPSA) is 34.4 Å². The van der Waals surface area contributed by atoms with Crippen molar-refractivity contribution < 1.29 is 9.18 Å². The lowest BCUT2D eigenvalue weighted by atomic mass is 10.0. The molecule has 6 heteroatoms. The SMILES string of the molecule is Cc1cn2c(/C=C3\CSc4ccc(F)cc4C3=O)c(C)nc2s1. The second-order valence-electron chi connectivity index (χ2n) is 5.50. The van der Waals surface area contributed by atoms with Crippen molar-refractivity contribution in [1.29, 1.82) is 0 Å². The summed E-state index contributed by atoms with van der Waals surface area (Å²) in [6.07, 6.45) is 3.92. The monoisotopic (exact) mass is 344 g/mol. The molecule has 116 valence electrons. The van der Waals surface area contributed by atoms with Crippen molar-refractivity contribution in [3.63, 3.8) is 0 Å². The summed E-state index contributed by atoms with van der Waals surface area (Å²) in [5.41, 5.74) is 2.95. The van der Waals surface area contributed by atoms with E-state index in [-0.39, 0.29) is 11.6 Å². The lowest BCUT2D eigenvalue weighted by molar-refractivity contribution is 0.103. The van der Waals surface area contributed by atoms with Crippen LogP contribution in [-0.2, 0) is 0 Å². The minimum atomic E-state index is -0.379. The zero-order chi connectivity index (χ0) is 16.1. The van der Waals surface area contributed by atoms with Crippen LogP contribution in [-0.4, -0.2) is 20.9 Å². The second kappa shape index (κ2) is 5.32. The number of benzene rings is 1. The van der Waals surface area contributed by atoms with Gasteiger partial charge in [0.15, 0.2) is 10.7 Å². The molecule has 23 heavy (non-hydrogen) atoms. The Balaban J connectivity index is 1.82. The van der Waals surface area contributed by atoms with E-state index in [1.165, 1.54) is 17.0 Å². The van der Waals surface area contributed by atoms with Gasteiger partial charge >= 0.3 is 0 Å². The number of hydrogen-bond donors (Lipinski definition) is 0. The van der Waals surface area contributed by atoms with E-state index in [2.05, 4.69) is 4.98 Å². The Morgan fingerprint density at radius 3 is 3.00 bits per heavy atom. The molecule has 0 fully saturated rings. The van der Waals surface area contributed by atoms with Crippen molar-refractivity contribution in [2.24, 2.45) is 0 Å². The maximum atomic E-state index is 13.5. The Hall–Kier alpha value is -1.92. The number of rotatable bonds is 1. The van der Waals surface area contributed by atoms with Gasteiger partial charge in [-0.15, -0.1) is 23.1 Å². The number of fused-ring (bicyclic) bond motifs is 2. The largest absolute Gasteiger partial charge is 0.290 e. The average molecular weight is 344 g/mol. The van der Waals surface area contributed by atoms with Crippen LogP contribution in [0.2, 0.25) is 0 Å². The van der Waals surface area contributed by atoms with Crippen LogP contribution in [0.25, 0.3) is 11.0 Å². The highest BCUT2D eigenvalue weighted by atomic mass is 32.2. The fraction of sp³-hybridized carbons (Fsp3) is 0.176. The van der Waals surface area contributed by atoms with Crippen molar-refractivity contribution in [1.82, 2.24) is 9.38 Å². The third kappa shape index (κ3) is 2.42. The summed E-state index contributed by atoms with van der Waals surface area (Å²) in [5, 5.41) is 0. The van der Waals surface area contributed by atoms with E-state index in [1.807, 2.05) is 30.5 Å². The molecule has 0 saturated heterocycles. The fourth-order valence-corrected chi connectivity index (χ4v) is 4.60. The lowest BCUT2D eigenvalue weighted by Crippen LogP contribution is -2.13. The normalized spacial score (nSPS) is 16.3. The van der Waals surface area contributed by atoms with Crippen LogP contribution >= 0.6 is 23.1 Å². The zero-order valence-corrected chi connectivity index (χ0v) is 14.2. The van der Waals surface area contributed by atoms with Gasteiger partial charge in [-0.1, -0.05) is 0 Å². The predicted molar refractivity (Wildman–Crippen MR) is 92.0 cm³/mol. The second-order valence-corrected chi connectivity index (χ2v) is 7.74. The number of Topliss-reactive ketones (excluding diaryl/α,β-unsaturated/α-hetero) is 1. The quantitative estimate of drug-likeness (QED) is 0.609. The van der Waals surface area contributed by atoms with Gasteiger partial charge in [-0.25, -0.2) is 9.37 Å². The number of aromatic nitrogens is 2. The molecule has 2 aromatic heterocycles. The number of hydrogen-bond acceptors (Lipinski definition) is 4. The van der Waals surface area contributed by atoms with Gasteiger partial charge in [-0.05, 0) is 38.1 Å². The standard InChI is InChI=1S/C17H13FN2OS2/c1-9-7-20-14(10(2)19-17(20)23-9)5-11-8-22-15-4-3-12(18)6-13(15)16(11)21/h3-7H,8H2,1-2H3/b11-5+. The Labute approximate surface area is 140 Å². The van der Waals surface area contributed by atoms with Crippen LogP contribution < -0.4 is 0 Å². The number of halogens is 1. The molecule has 3 heterocycles. The van der Waals surface area contributed by atoms with Crippen LogP contribution in [0.1, 0.15) is 26.6 Å². The Bertz CT molecular complexity index is 984. The molecule has 1 aliphatic heterocycles. The fourth-order valence-electron chi connectivity index (χ4n) is 2.73. The molecule has 4 rings (SSSR count). The number of nitrogens with zero attached hydrogens (tertiary/aromatic N) is 2. The highest BCUT2D eigenvalue weighted by Gasteiger charge is 2.24. The van der Waals surface area contributed by atoms with Gasteiger partial charge in [-0.3, -0.25) is 9.20 Å². The number of imidazole rings is 1. The zero-order valence-electron chi connectivity index (χ0n) is 12.6. The Morgan fingerprint density at radius 1 is 1.35 bits per heavy atom. The third-order valence-corrected chi connectivity index (χ3v) is 5.86. The molecule has 3 aromatic rings. The van der Waals surface area contributed by atoms with Gasteiger partial charge < -0.3 is 0 Å². The van der Waals surface area contributed by atoms with Crippen LogP contribution in [0.5, 0.6) is 0 Å². The van der Waals surface area contributed by atoms with E-state index >= 15 is 0 Å². The molecule has 0 radical (unpaired) electrons. The van der Waals surface area contributed by atoms with Crippen molar-refractivity contribution >= 4 is 39.9 Å². The first-order valence-electron chi connectivity index (χ1n) is 7.15. The summed E-state index contributed by atoms with van der Waals surface area (Å²) in [6.45, 7) is 3.97. The van der Waals surface area contributed by atoms with Crippen LogP contribution in [0, 0.1) is 19.7 Å². The minimum Gasteiger partial charge on any atom is -0.290 e. The van der Waals surface area contributed by atoms with E-state index in [0.29, 0.717) is 16.9 Å². The molecule has 0 bridgehead atoms. The summed E-state index contributed by atoms with van der Waals surface area (Å²) in [7, 11) is 0. The number of thiazole rings is 1. The maximum Gasteiger partial charge on any atom is 0.194 e. The van der Waals surface area contributed by atoms with Gasteiger partial charge in [0.2, 0.25) is 0 Å².